The fraction of sp³-hybridized carbons (Fsp3) is 0.158. The van der Waals surface area contributed by atoms with Crippen molar-refractivity contribution < 1.29 is 21.3 Å². The lowest BCUT2D eigenvalue weighted by molar-refractivity contribution is 0.383. The SMILES string of the molecule is CC1N(C)C=C(S(N)(=O)=O)N1c1ccc(Cl)cc1NS(=O)(=O)c1cc2ccccc2o1. The van der Waals surface area contributed by atoms with E-state index >= 15 is 0 Å². The summed E-state index contributed by atoms with van der Waals surface area (Å²) >= 11 is 6.11. The topological polar surface area (TPSA) is 126 Å². The van der Waals surface area contributed by atoms with Crippen LogP contribution < -0.4 is 14.8 Å². The minimum Gasteiger partial charge on any atom is -0.443 e. The number of primary sulfonamides is 1. The molecule has 1 aliphatic heterocycles. The van der Waals surface area contributed by atoms with E-state index in [0.29, 0.717) is 11.0 Å². The van der Waals surface area contributed by atoms with Gasteiger partial charge in [0, 0.05) is 29.7 Å². The number of furan rings is 1. The van der Waals surface area contributed by atoms with E-state index < -0.39 is 26.2 Å². The van der Waals surface area contributed by atoms with E-state index in [1.54, 1.807) is 43.1 Å². The molecule has 1 atom stereocenters. The van der Waals surface area contributed by atoms with E-state index in [1.807, 2.05) is 0 Å². The minimum absolute atomic E-state index is 0.0738. The minimum atomic E-state index is -4.14. The molecule has 0 saturated heterocycles. The Morgan fingerprint density at radius 2 is 1.81 bits per heavy atom. The molecule has 0 bridgehead atoms. The molecule has 2 aromatic carbocycles. The highest BCUT2D eigenvalue weighted by Gasteiger charge is 2.36. The first-order chi connectivity index (χ1) is 14.5. The molecule has 12 heteroatoms. The number of nitrogens with zero attached hydrogens (tertiary/aromatic N) is 2. The third-order valence-electron chi connectivity index (χ3n) is 4.94. The monoisotopic (exact) mass is 482 g/mol. The van der Waals surface area contributed by atoms with Crippen LogP contribution in [0.5, 0.6) is 0 Å². The van der Waals surface area contributed by atoms with E-state index in [4.69, 9.17) is 21.2 Å². The molecule has 1 aromatic heterocycles. The molecule has 4 rings (SSSR count). The van der Waals surface area contributed by atoms with Crippen molar-refractivity contribution in [3.05, 3.63) is 64.8 Å². The first kappa shape index (κ1) is 21.5. The summed E-state index contributed by atoms with van der Waals surface area (Å²) in [6, 6.07) is 12.7. The van der Waals surface area contributed by atoms with Crippen molar-refractivity contribution in [3.63, 3.8) is 0 Å². The van der Waals surface area contributed by atoms with Gasteiger partial charge in [0.1, 0.15) is 11.7 Å². The van der Waals surface area contributed by atoms with E-state index in [2.05, 4.69) is 4.72 Å². The number of sulfonamides is 2. The molecule has 9 nitrogen and oxygen atoms in total. The van der Waals surface area contributed by atoms with Gasteiger partial charge < -0.3 is 14.2 Å². The summed E-state index contributed by atoms with van der Waals surface area (Å²) in [5, 5.41) is 5.82. The summed E-state index contributed by atoms with van der Waals surface area (Å²) in [7, 11) is -6.55. The van der Waals surface area contributed by atoms with Crippen LogP contribution in [0.1, 0.15) is 6.92 Å². The van der Waals surface area contributed by atoms with Crippen molar-refractivity contribution in [2.45, 2.75) is 18.2 Å². The fourth-order valence-corrected chi connectivity index (χ4v) is 5.37. The Hall–Kier alpha value is -2.73. The Morgan fingerprint density at radius 1 is 1.10 bits per heavy atom. The maximum Gasteiger partial charge on any atom is 0.295 e. The van der Waals surface area contributed by atoms with E-state index in [0.717, 1.165) is 0 Å². The van der Waals surface area contributed by atoms with Gasteiger partial charge in [0.15, 0.2) is 5.03 Å². The van der Waals surface area contributed by atoms with E-state index in [1.165, 1.54) is 35.4 Å². The normalized spacial score (nSPS) is 17.3. The van der Waals surface area contributed by atoms with Crippen LogP contribution in [0.25, 0.3) is 11.0 Å². The van der Waals surface area contributed by atoms with Crippen LogP contribution in [0.4, 0.5) is 11.4 Å². The Morgan fingerprint density at radius 3 is 2.48 bits per heavy atom. The van der Waals surface area contributed by atoms with E-state index in [9.17, 15) is 16.8 Å². The Labute approximate surface area is 184 Å². The lowest BCUT2D eigenvalue weighted by Crippen LogP contribution is -2.38. The smallest absolute Gasteiger partial charge is 0.295 e. The van der Waals surface area contributed by atoms with Crippen LogP contribution in [-0.2, 0) is 20.0 Å². The molecule has 1 aliphatic rings. The van der Waals surface area contributed by atoms with Gasteiger partial charge in [-0.25, -0.2) is 13.6 Å². The van der Waals surface area contributed by atoms with Crippen molar-refractivity contribution in [2.75, 3.05) is 16.7 Å². The van der Waals surface area contributed by atoms with Crippen LogP contribution in [-0.4, -0.2) is 34.9 Å². The Balaban J connectivity index is 1.80. The van der Waals surface area contributed by atoms with Crippen molar-refractivity contribution in [2.24, 2.45) is 5.14 Å². The van der Waals surface area contributed by atoms with Gasteiger partial charge in [-0.1, -0.05) is 29.8 Å². The molecule has 0 saturated carbocycles. The molecule has 3 N–H and O–H groups in total. The van der Waals surface area contributed by atoms with Crippen molar-refractivity contribution in [1.29, 1.82) is 0 Å². The number of nitrogens with two attached hydrogens (primary N) is 1. The molecular weight excluding hydrogens is 464 g/mol. The summed E-state index contributed by atoms with van der Waals surface area (Å²) in [5.41, 5.74) is 0.759. The number of rotatable bonds is 5. The number of benzene rings is 2. The molecule has 164 valence electrons. The second-order valence-corrected chi connectivity index (χ2v) is 10.6. The zero-order valence-electron chi connectivity index (χ0n) is 16.5. The standard InChI is InChI=1S/C19H19ClN4O5S2/c1-12-23(2)11-18(30(21,25)26)24(12)16-8-7-14(20)10-15(16)22-31(27,28)19-9-13-5-3-4-6-17(13)29-19/h3-12,22H,1-2H3,(H2,21,25,26). The predicted molar refractivity (Wildman–Crippen MR) is 119 cm³/mol. The van der Waals surface area contributed by atoms with Crippen LogP contribution in [0.3, 0.4) is 0 Å². The second-order valence-electron chi connectivity index (χ2n) is 7.05. The van der Waals surface area contributed by atoms with Crippen molar-refractivity contribution in [1.82, 2.24) is 4.90 Å². The van der Waals surface area contributed by atoms with Gasteiger partial charge in [0.25, 0.3) is 20.0 Å². The van der Waals surface area contributed by atoms with Gasteiger partial charge in [-0.05, 0) is 31.2 Å². The number of nitrogens with one attached hydrogen (secondary N) is 1. The first-order valence-electron chi connectivity index (χ1n) is 9.04. The van der Waals surface area contributed by atoms with Gasteiger partial charge in [0.05, 0.1) is 11.4 Å². The lowest BCUT2D eigenvalue weighted by Gasteiger charge is -2.30. The molecule has 1 unspecified atom stereocenters. The van der Waals surface area contributed by atoms with Crippen LogP contribution in [0.2, 0.25) is 5.02 Å². The zero-order chi connectivity index (χ0) is 22.6. The number of fused-ring (bicyclic) bond motifs is 1. The van der Waals surface area contributed by atoms with Gasteiger partial charge in [-0.15, -0.1) is 0 Å². The van der Waals surface area contributed by atoms with Gasteiger partial charge >= 0.3 is 0 Å². The maximum absolute atomic E-state index is 13.0. The molecule has 0 spiro atoms. The highest BCUT2D eigenvalue weighted by Crippen LogP contribution is 2.38. The molecule has 3 aromatic rings. The molecule has 0 radical (unpaired) electrons. The van der Waals surface area contributed by atoms with Crippen LogP contribution in [0.15, 0.2) is 69.3 Å². The third kappa shape index (κ3) is 3.97. The molecule has 0 aliphatic carbocycles. The third-order valence-corrected chi connectivity index (χ3v) is 7.28. The van der Waals surface area contributed by atoms with Gasteiger partial charge in [-0.2, -0.15) is 8.42 Å². The first-order valence-corrected chi connectivity index (χ1v) is 12.4. The van der Waals surface area contributed by atoms with Gasteiger partial charge in [-0.3, -0.25) is 4.72 Å². The number of para-hydroxylation sites is 1. The Kier molecular flexibility index (Phi) is 5.16. The van der Waals surface area contributed by atoms with Crippen LogP contribution >= 0.6 is 11.6 Å². The highest BCUT2D eigenvalue weighted by atomic mass is 35.5. The van der Waals surface area contributed by atoms with Crippen molar-refractivity contribution in [3.8, 4) is 0 Å². The average molecular weight is 483 g/mol. The number of hydrogen-bond donors (Lipinski definition) is 2. The summed E-state index contributed by atoms with van der Waals surface area (Å²) < 4.78 is 58.3. The fourth-order valence-electron chi connectivity index (χ4n) is 3.33. The average Bonchev–Trinajstić information content (AvgIpc) is 3.24. The molecule has 2 heterocycles. The molecule has 31 heavy (non-hydrogen) atoms. The number of anilines is 2. The maximum atomic E-state index is 13.0. The van der Waals surface area contributed by atoms with E-state index in [-0.39, 0.29) is 26.5 Å². The molecule has 0 amide bonds. The molecule has 0 fully saturated rings. The summed E-state index contributed by atoms with van der Waals surface area (Å²) in [4.78, 5) is 3.06. The summed E-state index contributed by atoms with van der Waals surface area (Å²) in [6.45, 7) is 1.75. The highest BCUT2D eigenvalue weighted by molar-refractivity contribution is 7.93. The largest absolute Gasteiger partial charge is 0.443 e. The summed E-state index contributed by atoms with van der Waals surface area (Å²) in [6.07, 6.45) is 0.926. The Bertz CT molecular complexity index is 1380. The summed E-state index contributed by atoms with van der Waals surface area (Å²) in [5.74, 6) is 0. The lowest BCUT2D eigenvalue weighted by atomic mass is 10.2. The number of hydrogen-bond acceptors (Lipinski definition) is 7. The zero-order valence-corrected chi connectivity index (χ0v) is 18.9. The van der Waals surface area contributed by atoms with Crippen molar-refractivity contribution >= 4 is 54.0 Å². The van der Waals surface area contributed by atoms with Gasteiger partial charge in [0.2, 0.25) is 5.09 Å². The quantitative estimate of drug-likeness (QED) is 0.572. The second kappa shape index (κ2) is 7.45. The van der Waals surface area contributed by atoms with Crippen LogP contribution in [0, 0.1) is 0 Å². The molecular formula is C19H19ClN4O5S2. The number of halogens is 1. The predicted octanol–water partition coefficient (Wildman–Crippen LogP) is 3.07.